The van der Waals surface area contributed by atoms with Crippen LogP contribution in [0.5, 0.6) is 0 Å². The first kappa shape index (κ1) is 25.0. The van der Waals surface area contributed by atoms with E-state index >= 15 is 0 Å². The predicted octanol–water partition coefficient (Wildman–Crippen LogP) is 3.01. The van der Waals surface area contributed by atoms with Crippen molar-refractivity contribution in [3.63, 3.8) is 0 Å². The number of furan rings is 1. The van der Waals surface area contributed by atoms with Gasteiger partial charge in [0.1, 0.15) is 11.5 Å². The zero-order valence-corrected chi connectivity index (χ0v) is 18.0. The van der Waals surface area contributed by atoms with E-state index < -0.39 is 12.1 Å². The molecule has 2 fully saturated rings. The fraction of sp³-hybridized carbons (Fsp3) is 0.700. The van der Waals surface area contributed by atoms with Crippen molar-refractivity contribution in [3.8, 4) is 0 Å². The minimum absolute atomic E-state index is 0.0114. The van der Waals surface area contributed by atoms with Gasteiger partial charge in [0.25, 0.3) is 0 Å². The molecule has 2 aliphatic rings. The Labute approximate surface area is 179 Å². The molecule has 1 spiro atoms. The molecule has 0 bridgehead atoms. The van der Waals surface area contributed by atoms with Crippen LogP contribution in [0, 0.1) is 6.92 Å². The fourth-order valence-corrected chi connectivity index (χ4v) is 3.71. The molecule has 176 valence electrons. The maximum absolute atomic E-state index is 11.9. The van der Waals surface area contributed by atoms with E-state index in [1.807, 2.05) is 13.0 Å². The summed E-state index contributed by atoms with van der Waals surface area (Å²) in [5, 5.41) is 10.2. The van der Waals surface area contributed by atoms with Crippen LogP contribution >= 0.6 is 0 Å². The summed E-state index contributed by atoms with van der Waals surface area (Å²) in [5.41, 5.74) is -0.0713. The molecule has 3 rings (SSSR count). The second-order valence-corrected chi connectivity index (χ2v) is 8.16. The van der Waals surface area contributed by atoms with Crippen molar-refractivity contribution in [1.82, 2.24) is 15.1 Å². The highest BCUT2D eigenvalue weighted by Crippen LogP contribution is 2.35. The Hall–Kier alpha value is -2.27. The van der Waals surface area contributed by atoms with E-state index in [0.29, 0.717) is 0 Å². The summed E-state index contributed by atoms with van der Waals surface area (Å²) in [6.07, 6.45) is -1.24. The molecular formula is C20H30F3N3O5. The molecule has 0 saturated carbocycles. The van der Waals surface area contributed by atoms with E-state index in [4.69, 9.17) is 19.1 Å². The van der Waals surface area contributed by atoms with E-state index in [2.05, 4.69) is 16.3 Å². The number of piperidine rings is 1. The average Bonchev–Trinajstić information content (AvgIpc) is 3.08. The average molecular weight is 449 g/mol. The molecule has 2 amide bonds. The lowest BCUT2D eigenvalue weighted by atomic mass is 9.82. The Morgan fingerprint density at radius 3 is 2.39 bits per heavy atom. The van der Waals surface area contributed by atoms with Gasteiger partial charge < -0.3 is 24.5 Å². The Kier molecular flexibility index (Phi) is 8.35. The minimum atomic E-state index is -5.08. The van der Waals surface area contributed by atoms with Gasteiger partial charge in [-0.05, 0) is 44.7 Å². The standard InChI is InChI=1S/C18H29N3O3.C2HF3O2/c1-14-4-5-16(24-14)13-21-9-7-18(8-10-21)12-15(6-11-23-18)19-17(22)20(2)3;3-2(4,5)1(6)7/h4-5,15H,6-13H2,1-3H3,(H,19,22);(H,6,7). The molecule has 11 heteroatoms. The summed E-state index contributed by atoms with van der Waals surface area (Å²) < 4.78 is 43.6. The zero-order chi connectivity index (χ0) is 23.2. The number of ether oxygens (including phenoxy) is 1. The first-order chi connectivity index (χ1) is 14.4. The van der Waals surface area contributed by atoms with Crippen molar-refractivity contribution >= 4 is 12.0 Å². The summed E-state index contributed by atoms with van der Waals surface area (Å²) in [6, 6.07) is 4.28. The Balaban J connectivity index is 0.000000423. The van der Waals surface area contributed by atoms with Gasteiger partial charge >= 0.3 is 18.2 Å². The number of hydrogen-bond donors (Lipinski definition) is 2. The van der Waals surface area contributed by atoms with Crippen LogP contribution in [0.4, 0.5) is 18.0 Å². The highest BCUT2D eigenvalue weighted by Gasteiger charge is 2.41. The maximum Gasteiger partial charge on any atom is 0.490 e. The quantitative estimate of drug-likeness (QED) is 0.737. The summed E-state index contributed by atoms with van der Waals surface area (Å²) in [4.78, 5) is 24.8. The number of nitrogens with zero attached hydrogens (tertiary/aromatic N) is 2. The summed E-state index contributed by atoms with van der Waals surface area (Å²) >= 11 is 0. The van der Waals surface area contributed by atoms with Gasteiger partial charge in [0.05, 0.1) is 12.1 Å². The van der Waals surface area contributed by atoms with Crippen LogP contribution in [0.15, 0.2) is 16.5 Å². The third-order valence-electron chi connectivity index (χ3n) is 5.41. The van der Waals surface area contributed by atoms with Crippen molar-refractivity contribution in [1.29, 1.82) is 0 Å². The largest absolute Gasteiger partial charge is 0.490 e. The van der Waals surface area contributed by atoms with Crippen molar-refractivity contribution < 1.29 is 37.0 Å². The van der Waals surface area contributed by atoms with Gasteiger partial charge in [0.2, 0.25) is 0 Å². The number of likely N-dealkylation sites (tertiary alicyclic amines) is 1. The number of carbonyl (C=O) groups is 2. The molecule has 1 aromatic rings. The molecule has 2 N–H and O–H groups in total. The maximum atomic E-state index is 11.9. The smallest absolute Gasteiger partial charge is 0.475 e. The zero-order valence-electron chi connectivity index (χ0n) is 18.0. The van der Waals surface area contributed by atoms with Gasteiger partial charge in [0, 0.05) is 39.8 Å². The van der Waals surface area contributed by atoms with Crippen LogP contribution in [0.1, 0.15) is 37.2 Å². The van der Waals surface area contributed by atoms with E-state index in [-0.39, 0.29) is 17.7 Å². The number of rotatable bonds is 3. The topological polar surface area (TPSA) is 95.3 Å². The third-order valence-corrected chi connectivity index (χ3v) is 5.41. The molecular weight excluding hydrogens is 419 g/mol. The SMILES string of the molecule is Cc1ccc(CN2CCC3(CC2)CC(NC(=O)N(C)C)CCO3)o1.O=C(O)C(F)(F)F. The number of carbonyl (C=O) groups excluding carboxylic acids is 1. The van der Waals surface area contributed by atoms with Gasteiger partial charge in [0.15, 0.2) is 0 Å². The number of halogens is 3. The summed E-state index contributed by atoms with van der Waals surface area (Å²) in [7, 11) is 3.55. The number of aliphatic carboxylic acids is 1. The number of carboxylic acid groups (broad SMARTS) is 1. The monoisotopic (exact) mass is 449 g/mol. The molecule has 8 nitrogen and oxygen atoms in total. The van der Waals surface area contributed by atoms with Crippen LogP contribution in [-0.4, -0.2) is 78.5 Å². The van der Waals surface area contributed by atoms with Crippen LogP contribution in [-0.2, 0) is 16.1 Å². The van der Waals surface area contributed by atoms with E-state index in [1.165, 1.54) is 0 Å². The fourth-order valence-electron chi connectivity index (χ4n) is 3.71. The van der Waals surface area contributed by atoms with E-state index in [0.717, 1.165) is 63.4 Å². The molecule has 2 aliphatic heterocycles. The van der Waals surface area contributed by atoms with Gasteiger partial charge in [-0.1, -0.05) is 0 Å². The molecule has 2 saturated heterocycles. The second-order valence-electron chi connectivity index (χ2n) is 8.16. The van der Waals surface area contributed by atoms with E-state index in [9.17, 15) is 18.0 Å². The number of carboxylic acids is 1. The van der Waals surface area contributed by atoms with Crippen molar-refractivity contribution in [3.05, 3.63) is 23.7 Å². The molecule has 1 atom stereocenters. The first-order valence-electron chi connectivity index (χ1n) is 10.1. The number of amides is 2. The highest BCUT2D eigenvalue weighted by atomic mass is 19.4. The normalized spacial score (nSPS) is 21.2. The third kappa shape index (κ3) is 7.73. The lowest BCUT2D eigenvalue weighted by Crippen LogP contribution is -2.54. The van der Waals surface area contributed by atoms with Gasteiger partial charge in [-0.25, -0.2) is 9.59 Å². The minimum Gasteiger partial charge on any atom is -0.475 e. The van der Waals surface area contributed by atoms with E-state index in [1.54, 1.807) is 19.0 Å². The predicted molar refractivity (Wildman–Crippen MR) is 106 cm³/mol. The highest BCUT2D eigenvalue weighted by molar-refractivity contribution is 5.74. The molecule has 31 heavy (non-hydrogen) atoms. The van der Waals surface area contributed by atoms with Crippen molar-refractivity contribution in [2.45, 2.75) is 57.0 Å². The Morgan fingerprint density at radius 2 is 1.90 bits per heavy atom. The number of nitrogens with one attached hydrogen (secondary N) is 1. The van der Waals surface area contributed by atoms with Crippen LogP contribution < -0.4 is 5.32 Å². The number of urea groups is 1. The van der Waals surface area contributed by atoms with Gasteiger partial charge in [-0.15, -0.1) is 0 Å². The lowest BCUT2D eigenvalue weighted by Gasteiger charge is -2.46. The first-order valence-corrected chi connectivity index (χ1v) is 10.1. The summed E-state index contributed by atoms with van der Waals surface area (Å²) in [5.74, 6) is -0.759. The molecule has 0 aromatic carbocycles. The number of hydrogen-bond acceptors (Lipinski definition) is 5. The van der Waals surface area contributed by atoms with Crippen LogP contribution in [0.2, 0.25) is 0 Å². The van der Waals surface area contributed by atoms with Gasteiger partial charge in [-0.2, -0.15) is 13.2 Å². The van der Waals surface area contributed by atoms with Crippen molar-refractivity contribution in [2.75, 3.05) is 33.8 Å². The molecule has 0 aliphatic carbocycles. The number of alkyl halides is 3. The van der Waals surface area contributed by atoms with Gasteiger partial charge in [-0.3, -0.25) is 4.90 Å². The summed E-state index contributed by atoms with van der Waals surface area (Å²) in [6.45, 7) is 5.59. The lowest BCUT2D eigenvalue weighted by molar-refractivity contribution is -0.192. The number of aryl methyl sites for hydroxylation is 1. The van der Waals surface area contributed by atoms with Crippen LogP contribution in [0.25, 0.3) is 0 Å². The Morgan fingerprint density at radius 1 is 1.29 bits per heavy atom. The Bertz CT molecular complexity index is 743. The van der Waals surface area contributed by atoms with Crippen molar-refractivity contribution in [2.24, 2.45) is 0 Å². The molecule has 3 heterocycles. The molecule has 1 unspecified atom stereocenters. The second kappa shape index (κ2) is 10.4. The van der Waals surface area contributed by atoms with Crippen LogP contribution in [0.3, 0.4) is 0 Å². The molecule has 1 aromatic heterocycles. The molecule has 0 radical (unpaired) electrons.